The topological polar surface area (TPSA) is 56.3 Å². The van der Waals surface area contributed by atoms with Crippen molar-refractivity contribution in [2.24, 2.45) is 0 Å². The van der Waals surface area contributed by atoms with E-state index in [0.717, 1.165) is 17.8 Å². The van der Waals surface area contributed by atoms with Gasteiger partial charge in [-0.3, -0.25) is 0 Å². The van der Waals surface area contributed by atoms with E-state index >= 15 is 0 Å². The van der Waals surface area contributed by atoms with E-state index in [4.69, 9.17) is 4.74 Å². The van der Waals surface area contributed by atoms with Crippen molar-refractivity contribution < 1.29 is 26.3 Å². The highest BCUT2D eigenvalue weighted by molar-refractivity contribution is 8.01. The van der Waals surface area contributed by atoms with Crippen LogP contribution in [0.1, 0.15) is 12.0 Å². The van der Waals surface area contributed by atoms with Crippen LogP contribution in [0.25, 0.3) is 10.9 Å². The monoisotopic (exact) mass is 377 g/mol. The zero-order chi connectivity index (χ0) is 17.5. The molecule has 1 atom stereocenters. The fourth-order valence-electron chi connectivity index (χ4n) is 2.63. The fourth-order valence-corrected chi connectivity index (χ4v) is 6.13. The molecular weight excluding hydrogens is 363 g/mol. The molecule has 2 aromatic rings. The van der Waals surface area contributed by atoms with Gasteiger partial charge in [-0.05, 0) is 24.6 Å². The summed E-state index contributed by atoms with van der Waals surface area (Å²) in [6.07, 6.45) is -4.10. The van der Waals surface area contributed by atoms with Crippen molar-refractivity contribution in [3.8, 4) is 5.75 Å². The number of benzene rings is 1. The zero-order valence-electron chi connectivity index (χ0n) is 12.6. The average molecular weight is 377 g/mol. The number of aromatic nitrogens is 1. The number of rotatable bonds is 3. The van der Waals surface area contributed by atoms with Gasteiger partial charge in [0.15, 0.2) is 9.84 Å². The van der Waals surface area contributed by atoms with E-state index in [0.29, 0.717) is 12.2 Å². The third kappa shape index (κ3) is 3.61. The highest BCUT2D eigenvalue weighted by Crippen LogP contribution is 2.39. The standard InChI is InChI=1S/C15H14F3NO3S2/c1-22-9-2-3-11-12(15(16,17)18)7-14(19-13(11)6-9)23-10-4-5-24(20,21)8-10/h2-3,6-7,10H,4-5,8H2,1H3. The molecule has 9 heteroatoms. The lowest BCUT2D eigenvalue weighted by Crippen LogP contribution is -2.09. The lowest BCUT2D eigenvalue weighted by atomic mass is 10.1. The Morgan fingerprint density at radius 2 is 2.04 bits per heavy atom. The summed E-state index contributed by atoms with van der Waals surface area (Å²) in [5.74, 6) is 0.448. The number of hydrogen-bond donors (Lipinski definition) is 0. The van der Waals surface area contributed by atoms with Crippen LogP contribution in [0.2, 0.25) is 0 Å². The molecule has 24 heavy (non-hydrogen) atoms. The Hall–Kier alpha value is -1.48. The van der Waals surface area contributed by atoms with Gasteiger partial charge in [0.25, 0.3) is 0 Å². The van der Waals surface area contributed by atoms with E-state index in [1.165, 1.54) is 25.3 Å². The number of thioether (sulfide) groups is 1. The number of sulfone groups is 1. The molecule has 130 valence electrons. The van der Waals surface area contributed by atoms with E-state index in [1.54, 1.807) is 0 Å². The van der Waals surface area contributed by atoms with Gasteiger partial charge in [-0.2, -0.15) is 13.2 Å². The van der Waals surface area contributed by atoms with E-state index in [9.17, 15) is 21.6 Å². The van der Waals surface area contributed by atoms with Gasteiger partial charge in [-0.15, -0.1) is 11.8 Å². The largest absolute Gasteiger partial charge is 0.497 e. The first kappa shape index (κ1) is 17.3. The van der Waals surface area contributed by atoms with Gasteiger partial charge in [0, 0.05) is 16.7 Å². The Morgan fingerprint density at radius 1 is 1.29 bits per heavy atom. The summed E-state index contributed by atoms with van der Waals surface area (Å²) in [7, 11) is -1.67. The van der Waals surface area contributed by atoms with E-state index in [1.807, 2.05) is 0 Å². The minimum absolute atomic E-state index is 0.00769. The molecule has 1 aliphatic heterocycles. The summed E-state index contributed by atoms with van der Waals surface area (Å²) < 4.78 is 68.1. The molecule has 4 nitrogen and oxygen atoms in total. The molecule has 1 aromatic heterocycles. The molecule has 0 saturated carbocycles. The molecule has 1 aromatic carbocycles. The van der Waals surface area contributed by atoms with E-state index < -0.39 is 21.6 Å². The molecule has 0 radical (unpaired) electrons. The van der Waals surface area contributed by atoms with Crippen molar-refractivity contribution in [3.63, 3.8) is 0 Å². The minimum atomic E-state index is -4.52. The Balaban J connectivity index is 2.05. The van der Waals surface area contributed by atoms with Gasteiger partial charge in [0.05, 0.1) is 34.7 Å². The van der Waals surface area contributed by atoms with Gasteiger partial charge in [-0.25, -0.2) is 13.4 Å². The van der Waals surface area contributed by atoms with Crippen molar-refractivity contribution in [1.29, 1.82) is 0 Å². The Kier molecular flexibility index (Phi) is 4.41. The first-order chi connectivity index (χ1) is 11.2. The van der Waals surface area contributed by atoms with E-state index in [2.05, 4.69) is 4.98 Å². The summed E-state index contributed by atoms with van der Waals surface area (Å²) in [4.78, 5) is 4.26. The molecule has 1 saturated heterocycles. The van der Waals surface area contributed by atoms with E-state index in [-0.39, 0.29) is 32.7 Å². The molecule has 1 fully saturated rings. The molecule has 1 aliphatic rings. The summed E-state index contributed by atoms with van der Waals surface area (Å²) in [5, 5.41) is -0.108. The summed E-state index contributed by atoms with van der Waals surface area (Å²) in [5.41, 5.74) is -0.606. The van der Waals surface area contributed by atoms with Crippen LogP contribution >= 0.6 is 11.8 Å². The second-order valence-electron chi connectivity index (χ2n) is 5.53. The quantitative estimate of drug-likeness (QED) is 0.819. The molecular formula is C15H14F3NO3S2. The first-order valence-corrected chi connectivity index (χ1v) is 9.81. The molecule has 0 amide bonds. The Morgan fingerprint density at radius 3 is 2.62 bits per heavy atom. The predicted octanol–water partition coefficient (Wildman–Crippen LogP) is 3.54. The average Bonchev–Trinajstić information content (AvgIpc) is 2.83. The van der Waals surface area contributed by atoms with Crippen molar-refractivity contribution in [2.75, 3.05) is 18.6 Å². The minimum Gasteiger partial charge on any atom is -0.497 e. The van der Waals surface area contributed by atoms with Crippen molar-refractivity contribution in [2.45, 2.75) is 22.9 Å². The van der Waals surface area contributed by atoms with Crippen LogP contribution in [0.3, 0.4) is 0 Å². The van der Waals surface area contributed by atoms with Crippen LogP contribution in [0, 0.1) is 0 Å². The highest BCUT2D eigenvalue weighted by Gasteiger charge is 2.35. The maximum Gasteiger partial charge on any atom is 0.417 e. The third-order valence-electron chi connectivity index (χ3n) is 3.78. The smallest absolute Gasteiger partial charge is 0.417 e. The highest BCUT2D eigenvalue weighted by atomic mass is 32.2. The molecule has 2 heterocycles. The molecule has 3 rings (SSSR count). The zero-order valence-corrected chi connectivity index (χ0v) is 14.3. The van der Waals surface area contributed by atoms with Gasteiger partial charge in [0.2, 0.25) is 0 Å². The molecule has 0 spiro atoms. The van der Waals surface area contributed by atoms with Crippen LogP contribution in [0.5, 0.6) is 5.75 Å². The summed E-state index contributed by atoms with van der Waals surface area (Å²) in [6, 6.07) is 5.22. The van der Waals surface area contributed by atoms with Crippen LogP contribution in [0.15, 0.2) is 29.3 Å². The number of alkyl halides is 3. The number of pyridine rings is 1. The number of ether oxygens (including phenoxy) is 1. The van der Waals surface area contributed by atoms with Crippen molar-refractivity contribution in [3.05, 3.63) is 29.8 Å². The maximum absolute atomic E-state index is 13.4. The lowest BCUT2D eigenvalue weighted by molar-refractivity contribution is -0.136. The molecule has 0 bridgehead atoms. The number of nitrogens with zero attached hydrogens (tertiary/aromatic N) is 1. The van der Waals surface area contributed by atoms with Crippen molar-refractivity contribution >= 4 is 32.5 Å². The number of hydrogen-bond acceptors (Lipinski definition) is 5. The van der Waals surface area contributed by atoms with Crippen LogP contribution in [-0.4, -0.2) is 37.3 Å². The van der Waals surface area contributed by atoms with Crippen molar-refractivity contribution in [1.82, 2.24) is 4.98 Å². The second kappa shape index (κ2) is 6.11. The molecule has 0 aliphatic carbocycles. The number of methoxy groups -OCH3 is 1. The normalized spacial score (nSPS) is 20.4. The Labute approximate surface area is 141 Å². The van der Waals surface area contributed by atoms with Gasteiger partial charge in [0.1, 0.15) is 5.75 Å². The number of fused-ring (bicyclic) bond motifs is 1. The van der Waals surface area contributed by atoms with Gasteiger partial charge >= 0.3 is 6.18 Å². The lowest BCUT2D eigenvalue weighted by Gasteiger charge is -2.14. The third-order valence-corrected chi connectivity index (χ3v) is 6.94. The fraction of sp³-hybridized carbons (Fsp3) is 0.400. The SMILES string of the molecule is COc1ccc2c(C(F)(F)F)cc(SC3CCS(=O)(=O)C3)nc2c1. The van der Waals surface area contributed by atoms with Crippen LogP contribution in [-0.2, 0) is 16.0 Å². The predicted molar refractivity (Wildman–Crippen MR) is 86.2 cm³/mol. The first-order valence-electron chi connectivity index (χ1n) is 7.11. The summed E-state index contributed by atoms with van der Waals surface area (Å²) >= 11 is 1.08. The van der Waals surface area contributed by atoms with Gasteiger partial charge in [-0.1, -0.05) is 0 Å². The van der Waals surface area contributed by atoms with Crippen LogP contribution in [0.4, 0.5) is 13.2 Å². The number of halogens is 3. The molecule has 1 unspecified atom stereocenters. The Bertz CT molecular complexity index is 881. The molecule has 0 N–H and O–H groups in total. The van der Waals surface area contributed by atoms with Crippen LogP contribution < -0.4 is 4.74 Å². The van der Waals surface area contributed by atoms with Gasteiger partial charge < -0.3 is 4.74 Å². The maximum atomic E-state index is 13.4. The summed E-state index contributed by atoms with van der Waals surface area (Å²) in [6.45, 7) is 0. The second-order valence-corrected chi connectivity index (χ2v) is 9.08.